The van der Waals surface area contributed by atoms with Crippen LogP contribution in [0.4, 0.5) is 10.1 Å². The number of amides is 2. The SMILES string of the molecule is CC(=O)NS(=O)(=O)c1ccc(NC(=O)C=Cc2ccc(F)cc2)cc1. The van der Waals surface area contributed by atoms with Crippen LogP contribution in [-0.2, 0) is 19.6 Å². The van der Waals surface area contributed by atoms with E-state index in [4.69, 9.17) is 0 Å². The van der Waals surface area contributed by atoms with Crippen LogP contribution in [0.3, 0.4) is 0 Å². The fraction of sp³-hybridized carbons (Fsp3) is 0.0588. The molecule has 2 aromatic carbocycles. The van der Waals surface area contributed by atoms with Crippen molar-refractivity contribution in [3.05, 3.63) is 66.0 Å². The zero-order valence-corrected chi connectivity index (χ0v) is 14.0. The van der Waals surface area contributed by atoms with Gasteiger partial charge in [-0.15, -0.1) is 0 Å². The lowest BCUT2D eigenvalue weighted by Gasteiger charge is -2.06. The van der Waals surface area contributed by atoms with Crippen LogP contribution in [0.25, 0.3) is 6.08 Å². The third-order valence-electron chi connectivity index (χ3n) is 3.01. The Morgan fingerprint density at radius 1 is 1.00 bits per heavy atom. The minimum absolute atomic E-state index is 0.0949. The molecule has 2 rings (SSSR count). The predicted octanol–water partition coefficient (Wildman–Crippen LogP) is 2.30. The van der Waals surface area contributed by atoms with Crippen molar-refractivity contribution in [2.45, 2.75) is 11.8 Å². The van der Waals surface area contributed by atoms with Crippen LogP contribution in [0.15, 0.2) is 59.5 Å². The van der Waals surface area contributed by atoms with Crippen LogP contribution >= 0.6 is 0 Å². The number of anilines is 1. The highest BCUT2D eigenvalue weighted by molar-refractivity contribution is 7.90. The van der Waals surface area contributed by atoms with E-state index < -0.39 is 21.8 Å². The maximum atomic E-state index is 12.8. The summed E-state index contributed by atoms with van der Waals surface area (Å²) in [6, 6.07) is 11.0. The van der Waals surface area contributed by atoms with Crippen LogP contribution in [0.5, 0.6) is 0 Å². The first-order valence-corrected chi connectivity index (χ1v) is 8.63. The maximum absolute atomic E-state index is 12.8. The molecule has 0 atom stereocenters. The molecule has 0 spiro atoms. The van der Waals surface area contributed by atoms with Gasteiger partial charge in [-0.3, -0.25) is 9.59 Å². The molecule has 0 aromatic heterocycles. The van der Waals surface area contributed by atoms with Gasteiger partial charge in [-0.25, -0.2) is 17.5 Å². The number of sulfonamides is 1. The number of carbonyl (C=O) groups is 2. The van der Waals surface area contributed by atoms with Gasteiger partial charge >= 0.3 is 0 Å². The molecule has 0 bridgehead atoms. The maximum Gasteiger partial charge on any atom is 0.264 e. The van der Waals surface area contributed by atoms with Crippen molar-refractivity contribution in [2.75, 3.05) is 5.32 Å². The first-order valence-electron chi connectivity index (χ1n) is 7.14. The lowest BCUT2D eigenvalue weighted by molar-refractivity contribution is -0.117. The molecule has 8 heteroatoms. The Hall–Kier alpha value is -3.00. The van der Waals surface area contributed by atoms with Gasteiger partial charge in [0.05, 0.1) is 4.90 Å². The van der Waals surface area contributed by atoms with Crippen molar-refractivity contribution in [2.24, 2.45) is 0 Å². The Balaban J connectivity index is 2.02. The van der Waals surface area contributed by atoms with E-state index in [1.54, 1.807) is 0 Å². The number of rotatable bonds is 5. The molecule has 6 nitrogen and oxygen atoms in total. The molecule has 0 aliphatic heterocycles. The number of nitrogens with one attached hydrogen (secondary N) is 2. The van der Waals surface area contributed by atoms with Crippen LogP contribution in [0.2, 0.25) is 0 Å². The summed E-state index contributed by atoms with van der Waals surface area (Å²) in [7, 11) is -3.91. The second kappa shape index (κ2) is 7.71. The average Bonchev–Trinajstić information content (AvgIpc) is 2.54. The summed E-state index contributed by atoms with van der Waals surface area (Å²) in [6.45, 7) is 1.10. The Bertz CT molecular complexity index is 905. The molecule has 0 aliphatic carbocycles. The first-order chi connectivity index (χ1) is 11.8. The minimum atomic E-state index is -3.91. The Morgan fingerprint density at radius 2 is 1.60 bits per heavy atom. The van der Waals surface area contributed by atoms with E-state index in [-0.39, 0.29) is 10.7 Å². The largest absolute Gasteiger partial charge is 0.323 e. The van der Waals surface area contributed by atoms with E-state index >= 15 is 0 Å². The van der Waals surface area contributed by atoms with E-state index in [2.05, 4.69) is 5.32 Å². The molecule has 0 radical (unpaired) electrons. The normalized spacial score (nSPS) is 11.3. The zero-order valence-electron chi connectivity index (χ0n) is 13.2. The van der Waals surface area contributed by atoms with Gasteiger partial charge in [-0.2, -0.15) is 0 Å². The van der Waals surface area contributed by atoms with E-state index in [0.717, 1.165) is 6.92 Å². The molecule has 2 amide bonds. The highest BCUT2D eigenvalue weighted by Crippen LogP contribution is 2.14. The fourth-order valence-corrected chi connectivity index (χ4v) is 2.89. The van der Waals surface area contributed by atoms with Crippen LogP contribution < -0.4 is 10.0 Å². The predicted molar refractivity (Wildman–Crippen MR) is 91.5 cm³/mol. The number of carbonyl (C=O) groups excluding carboxylic acids is 2. The molecule has 2 N–H and O–H groups in total. The quantitative estimate of drug-likeness (QED) is 0.799. The van der Waals surface area contributed by atoms with Gasteiger partial charge < -0.3 is 5.32 Å². The standard InChI is InChI=1S/C17H15FN2O4S/c1-12(21)20-25(23,24)16-9-7-15(8-10-16)19-17(22)11-4-13-2-5-14(18)6-3-13/h2-11H,1H3,(H,19,22)(H,20,21). The van der Waals surface area contributed by atoms with Crippen molar-refractivity contribution >= 4 is 33.6 Å². The zero-order chi connectivity index (χ0) is 18.4. The molecule has 0 aliphatic rings. The van der Waals surface area contributed by atoms with Crippen molar-refractivity contribution in [3.63, 3.8) is 0 Å². The summed E-state index contributed by atoms with van der Waals surface area (Å²) >= 11 is 0. The number of hydrogen-bond acceptors (Lipinski definition) is 4. The van der Waals surface area contributed by atoms with E-state index in [0.29, 0.717) is 11.3 Å². The van der Waals surface area contributed by atoms with E-state index in [1.165, 1.54) is 60.7 Å². The van der Waals surface area contributed by atoms with Gasteiger partial charge in [0.15, 0.2) is 0 Å². The van der Waals surface area contributed by atoms with Gasteiger partial charge in [-0.1, -0.05) is 12.1 Å². The Labute approximate surface area is 144 Å². The Morgan fingerprint density at radius 3 is 2.16 bits per heavy atom. The summed E-state index contributed by atoms with van der Waals surface area (Å²) in [5, 5.41) is 2.56. The van der Waals surface area contributed by atoms with E-state index in [1.807, 2.05) is 4.72 Å². The summed E-state index contributed by atoms with van der Waals surface area (Å²) in [4.78, 5) is 22.6. The van der Waals surface area contributed by atoms with Crippen LogP contribution in [0, 0.1) is 5.82 Å². The number of hydrogen-bond donors (Lipinski definition) is 2. The highest BCUT2D eigenvalue weighted by atomic mass is 32.2. The third-order valence-corrected chi connectivity index (χ3v) is 4.46. The number of halogens is 1. The third kappa shape index (κ3) is 5.54. The molecule has 0 saturated heterocycles. The van der Waals surface area contributed by atoms with Gasteiger partial charge in [0.2, 0.25) is 11.8 Å². The lowest BCUT2D eigenvalue weighted by atomic mass is 10.2. The van der Waals surface area contributed by atoms with E-state index in [9.17, 15) is 22.4 Å². The average molecular weight is 362 g/mol. The van der Waals surface area contributed by atoms with Crippen molar-refractivity contribution < 1.29 is 22.4 Å². The topological polar surface area (TPSA) is 92.3 Å². The van der Waals surface area contributed by atoms with Crippen LogP contribution in [-0.4, -0.2) is 20.2 Å². The second-order valence-electron chi connectivity index (χ2n) is 5.06. The van der Waals surface area contributed by atoms with Crippen molar-refractivity contribution in [3.8, 4) is 0 Å². The summed E-state index contributed by atoms with van der Waals surface area (Å²) in [5.41, 5.74) is 1.05. The molecule has 0 heterocycles. The van der Waals surface area contributed by atoms with Gasteiger partial charge in [-0.05, 0) is 48.0 Å². The van der Waals surface area contributed by atoms with Crippen molar-refractivity contribution in [1.29, 1.82) is 0 Å². The summed E-state index contributed by atoms with van der Waals surface area (Å²) in [5.74, 6) is -1.49. The molecule has 25 heavy (non-hydrogen) atoms. The van der Waals surface area contributed by atoms with Gasteiger partial charge in [0.1, 0.15) is 5.82 Å². The Kier molecular flexibility index (Phi) is 5.66. The molecular formula is C17H15FN2O4S. The van der Waals surface area contributed by atoms with Crippen molar-refractivity contribution in [1.82, 2.24) is 4.72 Å². The molecule has 2 aromatic rings. The molecule has 0 fully saturated rings. The monoisotopic (exact) mass is 362 g/mol. The number of benzene rings is 2. The molecule has 0 saturated carbocycles. The highest BCUT2D eigenvalue weighted by Gasteiger charge is 2.15. The summed E-state index contributed by atoms with van der Waals surface area (Å²) in [6.07, 6.45) is 2.79. The first kappa shape index (κ1) is 18.3. The summed E-state index contributed by atoms with van der Waals surface area (Å²) < 4.78 is 38.2. The molecule has 0 unspecified atom stereocenters. The minimum Gasteiger partial charge on any atom is -0.323 e. The second-order valence-corrected chi connectivity index (χ2v) is 6.74. The lowest BCUT2D eigenvalue weighted by Crippen LogP contribution is -2.28. The van der Waals surface area contributed by atoms with Gasteiger partial charge in [0.25, 0.3) is 10.0 Å². The molecular weight excluding hydrogens is 347 g/mol. The smallest absolute Gasteiger partial charge is 0.264 e. The van der Waals surface area contributed by atoms with Crippen LogP contribution in [0.1, 0.15) is 12.5 Å². The van der Waals surface area contributed by atoms with Gasteiger partial charge in [0, 0.05) is 18.7 Å². The molecule has 130 valence electrons. The fourth-order valence-electron chi connectivity index (χ4n) is 1.90.